The molecule has 0 unspecified atom stereocenters. The van der Waals surface area contributed by atoms with Crippen molar-refractivity contribution in [3.8, 4) is 0 Å². The third-order valence-electron chi connectivity index (χ3n) is 5.14. The molecule has 6 nitrogen and oxygen atoms in total. The van der Waals surface area contributed by atoms with Crippen molar-refractivity contribution in [3.05, 3.63) is 34.3 Å². The molecule has 4 heterocycles. The fraction of sp³-hybridized carbons (Fsp3) is 0.438. The van der Waals surface area contributed by atoms with Gasteiger partial charge in [-0.25, -0.2) is 8.42 Å². The van der Waals surface area contributed by atoms with Crippen LogP contribution >= 0.6 is 22.7 Å². The second-order valence-electron chi connectivity index (χ2n) is 6.56. The molecule has 0 saturated carbocycles. The van der Waals surface area contributed by atoms with E-state index in [1.54, 1.807) is 38.1 Å². The Morgan fingerprint density at radius 3 is 2.72 bits per heavy atom. The summed E-state index contributed by atoms with van der Waals surface area (Å²) in [6.07, 6.45) is 0.724. The summed E-state index contributed by atoms with van der Waals surface area (Å²) >= 11 is 2.80. The van der Waals surface area contributed by atoms with Crippen LogP contribution in [0.5, 0.6) is 0 Å². The smallest absolute Gasteiger partial charge is 0.252 e. The molecule has 1 atom stereocenters. The summed E-state index contributed by atoms with van der Waals surface area (Å²) in [5, 5.41) is 5.70. The van der Waals surface area contributed by atoms with Crippen LogP contribution in [0.1, 0.15) is 6.42 Å². The molecule has 0 aliphatic carbocycles. The lowest BCUT2D eigenvalue weighted by Crippen LogP contribution is -2.64. The Morgan fingerprint density at radius 2 is 2.04 bits per heavy atom. The summed E-state index contributed by atoms with van der Waals surface area (Å²) in [5.74, 6) is 0.0612. The molecule has 2 fully saturated rings. The van der Waals surface area contributed by atoms with E-state index in [1.165, 1.54) is 11.3 Å². The van der Waals surface area contributed by atoms with Gasteiger partial charge >= 0.3 is 0 Å². The fourth-order valence-corrected chi connectivity index (χ4v) is 6.91. The number of likely N-dealkylation sites (N-methyl/N-ethyl adjacent to an activating group) is 1. The number of anilines is 1. The maximum atomic E-state index is 12.8. The SMILES string of the molecule is CN1CC(=O)N(c2ccsc2)C[C@@]12CCN(S(=O)(=O)c1cccs1)C2. The number of hydrogen-bond acceptors (Lipinski definition) is 6. The highest BCUT2D eigenvalue weighted by Crippen LogP contribution is 2.36. The highest BCUT2D eigenvalue weighted by molar-refractivity contribution is 7.91. The third kappa shape index (κ3) is 2.83. The van der Waals surface area contributed by atoms with Gasteiger partial charge in [-0.2, -0.15) is 15.6 Å². The van der Waals surface area contributed by atoms with Crippen LogP contribution in [0.3, 0.4) is 0 Å². The van der Waals surface area contributed by atoms with E-state index < -0.39 is 10.0 Å². The molecule has 25 heavy (non-hydrogen) atoms. The zero-order valence-electron chi connectivity index (χ0n) is 13.8. The summed E-state index contributed by atoms with van der Waals surface area (Å²) in [7, 11) is -1.53. The minimum Gasteiger partial charge on any atom is -0.309 e. The molecule has 2 aliphatic rings. The highest BCUT2D eigenvalue weighted by Gasteiger charge is 2.50. The van der Waals surface area contributed by atoms with Crippen molar-refractivity contribution in [3.63, 3.8) is 0 Å². The Kier molecular flexibility index (Phi) is 4.24. The van der Waals surface area contributed by atoms with E-state index in [0.717, 1.165) is 12.1 Å². The number of piperazine rings is 1. The Hall–Kier alpha value is -1.26. The van der Waals surface area contributed by atoms with Gasteiger partial charge < -0.3 is 4.90 Å². The highest BCUT2D eigenvalue weighted by atomic mass is 32.2. The van der Waals surface area contributed by atoms with Gasteiger partial charge in [-0.3, -0.25) is 9.69 Å². The number of thiophene rings is 2. The average Bonchev–Trinajstić information content (AvgIpc) is 3.33. The third-order valence-corrected chi connectivity index (χ3v) is 9.03. The van der Waals surface area contributed by atoms with Crippen molar-refractivity contribution in [2.24, 2.45) is 0 Å². The maximum Gasteiger partial charge on any atom is 0.252 e. The fourth-order valence-electron chi connectivity index (χ4n) is 3.61. The summed E-state index contributed by atoms with van der Waals surface area (Å²) in [6.45, 7) is 1.73. The van der Waals surface area contributed by atoms with E-state index >= 15 is 0 Å². The van der Waals surface area contributed by atoms with Crippen molar-refractivity contribution in [2.75, 3.05) is 38.1 Å². The van der Waals surface area contributed by atoms with Crippen LogP contribution in [0.2, 0.25) is 0 Å². The number of carbonyl (C=O) groups is 1. The topological polar surface area (TPSA) is 60.9 Å². The molecule has 2 aromatic rings. The van der Waals surface area contributed by atoms with E-state index in [1.807, 2.05) is 28.8 Å². The van der Waals surface area contributed by atoms with Crippen molar-refractivity contribution < 1.29 is 13.2 Å². The van der Waals surface area contributed by atoms with Gasteiger partial charge in [-0.05, 0) is 36.4 Å². The molecular weight excluding hydrogens is 378 g/mol. The normalized spacial score (nSPS) is 26.0. The molecule has 2 saturated heterocycles. The van der Waals surface area contributed by atoms with Crippen LogP contribution in [0, 0.1) is 0 Å². The molecule has 134 valence electrons. The number of sulfonamides is 1. The van der Waals surface area contributed by atoms with Crippen LogP contribution in [-0.4, -0.2) is 62.3 Å². The number of hydrogen-bond donors (Lipinski definition) is 0. The minimum atomic E-state index is -3.46. The first-order valence-electron chi connectivity index (χ1n) is 8.00. The monoisotopic (exact) mass is 397 g/mol. The van der Waals surface area contributed by atoms with E-state index in [9.17, 15) is 13.2 Å². The molecule has 1 amide bonds. The standard InChI is InChI=1S/C16H19N3O3S3/c1-17-9-14(20)19(13-4-8-23-10-13)12-16(17)5-6-18(11-16)25(21,22)15-3-2-7-24-15/h2-4,7-8,10H,5-6,9,11-12H2,1H3/t16-/m0/s1. The average molecular weight is 398 g/mol. The molecule has 0 aromatic carbocycles. The van der Waals surface area contributed by atoms with Gasteiger partial charge in [0.25, 0.3) is 10.0 Å². The summed E-state index contributed by atoms with van der Waals surface area (Å²) in [4.78, 5) is 16.3. The van der Waals surface area contributed by atoms with Crippen molar-refractivity contribution >= 4 is 44.3 Å². The zero-order chi connectivity index (χ0) is 17.7. The number of nitrogens with zero attached hydrogens (tertiary/aromatic N) is 3. The van der Waals surface area contributed by atoms with E-state index in [2.05, 4.69) is 0 Å². The number of carbonyl (C=O) groups excluding carboxylic acids is 1. The first-order chi connectivity index (χ1) is 11.9. The number of rotatable bonds is 3. The predicted molar refractivity (Wildman–Crippen MR) is 99.7 cm³/mol. The zero-order valence-corrected chi connectivity index (χ0v) is 16.2. The van der Waals surface area contributed by atoms with Crippen LogP contribution in [0.15, 0.2) is 38.5 Å². The summed E-state index contributed by atoms with van der Waals surface area (Å²) in [6, 6.07) is 5.35. The van der Waals surface area contributed by atoms with Crippen molar-refractivity contribution in [1.82, 2.24) is 9.21 Å². The predicted octanol–water partition coefficient (Wildman–Crippen LogP) is 1.92. The molecule has 1 spiro atoms. The molecule has 0 bridgehead atoms. The molecule has 2 aliphatic heterocycles. The van der Waals surface area contributed by atoms with Crippen LogP contribution in [-0.2, 0) is 14.8 Å². The Bertz CT molecular complexity index is 864. The lowest BCUT2D eigenvalue weighted by atomic mass is 9.93. The van der Waals surface area contributed by atoms with Crippen molar-refractivity contribution in [1.29, 1.82) is 0 Å². The quantitative estimate of drug-likeness (QED) is 0.794. The molecule has 4 rings (SSSR count). The summed E-state index contributed by atoms with van der Waals surface area (Å²) in [5.41, 5.74) is 0.572. The van der Waals surface area contributed by atoms with Crippen molar-refractivity contribution in [2.45, 2.75) is 16.2 Å². The van der Waals surface area contributed by atoms with E-state index in [-0.39, 0.29) is 11.4 Å². The van der Waals surface area contributed by atoms with E-state index in [4.69, 9.17) is 0 Å². The first kappa shape index (κ1) is 17.2. The Balaban J connectivity index is 1.61. The van der Waals surface area contributed by atoms with Gasteiger partial charge in [0.1, 0.15) is 4.21 Å². The van der Waals surface area contributed by atoms with Crippen LogP contribution in [0.4, 0.5) is 5.69 Å². The first-order valence-corrected chi connectivity index (χ1v) is 11.3. The molecular formula is C16H19N3O3S3. The van der Waals surface area contributed by atoms with Gasteiger partial charge in [0.2, 0.25) is 5.91 Å². The minimum absolute atomic E-state index is 0.0612. The molecule has 9 heteroatoms. The maximum absolute atomic E-state index is 12.8. The molecule has 0 N–H and O–H groups in total. The van der Waals surface area contributed by atoms with Gasteiger partial charge in [0, 0.05) is 25.0 Å². The van der Waals surface area contributed by atoms with Crippen LogP contribution in [0.25, 0.3) is 0 Å². The number of amides is 1. The summed E-state index contributed by atoms with van der Waals surface area (Å²) < 4.78 is 27.6. The Labute approximate surface area is 155 Å². The second-order valence-corrected chi connectivity index (χ2v) is 10.5. The largest absolute Gasteiger partial charge is 0.309 e. The van der Waals surface area contributed by atoms with Gasteiger partial charge in [-0.1, -0.05) is 6.07 Å². The van der Waals surface area contributed by atoms with Crippen LogP contribution < -0.4 is 4.90 Å². The van der Waals surface area contributed by atoms with Gasteiger partial charge in [0.05, 0.1) is 17.8 Å². The molecule has 0 radical (unpaired) electrons. The lowest BCUT2D eigenvalue weighted by Gasteiger charge is -2.46. The van der Waals surface area contributed by atoms with E-state index in [0.29, 0.717) is 30.4 Å². The van der Waals surface area contributed by atoms with Gasteiger partial charge in [0.15, 0.2) is 0 Å². The Morgan fingerprint density at radius 1 is 1.20 bits per heavy atom. The second kappa shape index (κ2) is 6.17. The molecule has 2 aromatic heterocycles. The van der Waals surface area contributed by atoms with Gasteiger partial charge in [-0.15, -0.1) is 11.3 Å². The lowest BCUT2D eigenvalue weighted by molar-refractivity contribution is -0.123.